The van der Waals surface area contributed by atoms with Crippen LogP contribution in [-0.4, -0.2) is 22.8 Å². The molecule has 2 bridgehead atoms. The van der Waals surface area contributed by atoms with Gasteiger partial charge in [-0.15, -0.1) is 0 Å². The predicted molar refractivity (Wildman–Crippen MR) is 94.7 cm³/mol. The van der Waals surface area contributed by atoms with Crippen molar-refractivity contribution in [2.24, 2.45) is 16.7 Å². The summed E-state index contributed by atoms with van der Waals surface area (Å²) in [5.74, 6) is 0.352. The summed E-state index contributed by atoms with van der Waals surface area (Å²) >= 11 is 0. The Kier molecular flexibility index (Phi) is 4.03. The normalized spacial score (nSPS) is 30.8. The maximum atomic E-state index is 12.9. The SMILES string of the molecule is CCC(O)C(=O)c1ccc(C=C2C(=O)C3(C)CCC2C3(C)C)cc1. The van der Waals surface area contributed by atoms with Gasteiger partial charge in [-0.3, -0.25) is 9.59 Å². The van der Waals surface area contributed by atoms with E-state index >= 15 is 0 Å². The van der Waals surface area contributed by atoms with E-state index in [1.807, 2.05) is 18.2 Å². The highest BCUT2D eigenvalue weighted by Crippen LogP contribution is 2.65. The quantitative estimate of drug-likeness (QED) is 0.671. The Balaban J connectivity index is 1.88. The molecule has 1 aromatic rings. The summed E-state index contributed by atoms with van der Waals surface area (Å²) in [7, 11) is 0. The van der Waals surface area contributed by atoms with Gasteiger partial charge in [0.15, 0.2) is 11.6 Å². The molecule has 3 heteroatoms. The molecule has 3 unspecified atom stereocenters. The lowest BCUT2D eigenvalue weighted by Crippen LogP contribution is -2.32. The number of aliphatic hydroxyl groups is 1. The van der Waals surface area contributed by atoms with Crippen molar-refractivity contribution in [3.63, 3.8) is 0 Å². The van der Waals surface area contributed by atoms with Gasteiger partial charge in [0.05, 0.1) is 0 Å². The van der Waals surface area contributed by atoms with E-state index in [-0.39, 0.29) is 22.4 Å². The fourth-order valence-corrected chi connectivity index (χ4v) is 4.39. The Morgan fingerprint density at radius 2 is 1.92 bits per heavy atom. The van der Waals surface area contributed by atoms with E-state index in [2.05, 4.69) is 20.8 Å². The maximum Gasteiger partial charge on any atom is 0.191 e. The molecule has 0 aromatic heterocycles. The summed E-state index contributed by atoms with van der Waals surface area (Å²) in [5.41, 5.74) is 2.15. The summed E-state index contributed by atoms with van der Waals surface area (Å²) < 4.78 is 0. The van der Waals surface area contributed by atoms with Crippen LogP contribution in [0.5, 0.6) is 0 Å². The standard InChI is InChI=1S/C21H26O3/c1-5-17(22)18(23)14-8-6-13(7-9-14)12-15-16-10-11-21(4,19(15)24)20(16,2)3/h6-9,12,16-17,22H,5,10-11H2,1-4H3. The first kappa shape index (κ1) is 17.1. The molecule has 24 heavy (non-hydrogen) atoms. The molecule has 2 aliphatic carbocycles. The molecule has 0 aliphatic heterocycles. The number of aliphatic hydroxyl groups excluding tert-OH is 1. The van der Waals surface area contributed by atoms with Crippen molar-refractivity contribution in [1.82, 2.24) is 0 Å². The smallest absolute Gasteiger partial charge is 0.191 e. The summed E-state index contributed by atoms with van der Waals surface area (Å²) in [6, 6.07) is 7.19. The number of allylic oxidation sites excluding steroid dienone is 1. The van der Waals surface area contributed by atoms with Gasteiger partial charge in [-0.25, -0.2) is 0 Å². The number of carbonyl (C=O) groups is 2. The van der Waals surface area contributed by atoms with Crippen molar-refractivity contribution in [2.45, 2.75) is 53.1 Å². The van der Waals surface area contributed by atoms with E-state index in [4.69, 9.17) is 0 Å². The molecule has 0 radical (unpaired) electrons. The topological polar surface area (TPSA) is 54.4 Å². The Labute approximate surface area is 143 Å². The Hall–Kier alpha value is -1.74. The zero-order chi connectivity index (χ0) is 17.7. The van der Waals surface area contributed by atoms with Crippen molar-refractivity contribution in [1.29, 1.82) is 0 Å². The minimum atomic E-state index is -0.943. The number of hydrogen-bond donors (Lipinski definition) is 1. The minimum absolute atomic E-state index is 0.0110. The molecule has 0 heterocycles. The summed E-state index contributed by atoms with van der Waals surface area (Å²) in [4.78, 5) is 24.9. The van der Waals surface area contributed by atoms with Gasteiger partial charge < -0.3 is 5.11 Å². The Morgan fingerprint density at radius 3 is 2.42 bits per heavy atom. The zero-order valence-corrected chi connectivity index (χ0v) is 14.9. The van der Waals surface area contributed by atoms with Gasteiger partial charge in [0.1, 0.15) is 6.10 Å². The number of fused-ring (bicyclic) bond motifs is 2. The van der Waals surface area contributed by atoms with E-state index < -0.39 is 6.10 Å². The lowest BCUT2D eigenvalue weighted by Gasteiger charge is -2.31. The summed E-state index contributed by atoms with van der Waals surface area (Å²) in [5, 5.41) is 9.67. The highest BCUT2D eigenvalue weighted by molar-refractivity contribution is 6.08. The molecule has 128 valence electrons. The molecule has 3 nitrogen and oxygen atoms in total. The first-order valence-corrected chi connectivity index (χ1v) is 8.81. The first-order chi connectivity index (χ1) is 11.2. The molecule has 3 rings (SSSR count). The molecule has 0 amide bonds. The zero-order valence-electron chi connectivity index (χ0n) is 14.9. The lowest BCUT2D eigenvalue weighted by molar-refractivity contribution is -0.125. The van der Waals surface area contributed by atoms with Gasteiger partial charge in [0.2, 0.25) is 0 Å². The monoisotopic (exact) mass is 326 g/mol. The second-order valence-electron chi connectivity index (χ2n) is 7.98. The highest BCUT2D eigenvalue weighted by Gasteiger charge is 2.63. The van der Waals surface area contributed by atoms with E-state index in [9.17, 15) is 14.7 Å². The molecular weight excluding hydrogens is 300 g/mol. The van der Waals surface area contributed by atoms with Crippen LogP contribution in [0.2, 0.25) is 0 Å². The molecule has 1 aromatic carbocycles. The lowest BCUT2D eigenvalue weighted by atomic mass is 9.70. The molecular formula is C21H26O3. The van der Waals surface area contributed by atoms with E-state index in [0.717, 1.165) is 24.0 Å². The first-order valence-electron chi connectivity index (χ1n) is 8.81. The third kappa shape index (κ3) is 2.29. The Bertz CT molecular complexity index is 711. The van der Waals surface area contributed by atoms with Gasteiger partial charge in [-0.2, -0.15) is 0 Å². The van der Waals surface area contributed by atoms with Gasteiger partial charge in [-0.1, -0.05) is 52.0 Å². The average molecular weight is 326 g/mol. The highest BCUT2D eigenvalue weighted by atomic mass is 16.3. The molecule has 3 atom stereocenters. The fourth-order valence-electron chi connectivity index (χ4n) is 4.39. The van der Waals surface area contributed by atoms with Crippen molar-refractivity contribution in [3.8, 4) is 0 Å². The largest absolute Gasteiger partial charge is 0.385 e. The van der Waals surface area contributed by atoms with Crippen LogP contribution in [0.3, 0.4) is 0 Å². The Morgan fingerprint density at radius 1 is 1.29 bits per heavy atom. The number of hydrogen-bond acceptors (Lipinski definition) is 3. The van der Waals surface area contributed by atoms with Gasteiger partial charge in [0, 0.05) is 11.0 Å². The fraction of sp³-hybridized carbons (Fsp3) is 0.524. The molecule has 1 N–H and O–H groups in total. The molecule has 2 fully saturated rings. The summed E-state index contributed by atoms with van der Waals surface area (Å²) in [6.07, 6.45) is 3.50. The van der Waals surface area contributed by atoms with E-state index in [1.165, 1.54) is 0 Å². The predicted octanol–water partition coefficient (Wildman–Crippen LogP) is 4.05. The molecule has 2 aliphatic rings. The van der Waals surface area contributed by atoms with Gasteiger partial charge in [-0.05, 0) is 47.8 Å². The number of rotatable bonds is 4. The maximum absolute atomic E-state index is 12.9. The minimum Gasteiger partial charge on any atom is -0.385 e. The number of benzene rings is 1. The van der Waals surface area contributed by atoms with Crippen LogP contribution in [-0.2, 0) is 4.79 Å². The van der Waals surface area contributed by atoms with Crippen molar-refractivity contribution in [2.75, 3.05) is 0 Å². The second-order valence-corrected chi connectivity index (χ2v) is 7.98. The number of ketones is 2. The van der Waals surface area contributed by atoms with Crippen LogP contribution >= 0.6 is 0 Å². The van der Waals surface area contributed by atoms with E-state index in [1.54, 1.807) is 19.1 Å². The van der Waals surface area contributed by atoms with Crippen LogP contribution in [0, 0.1) is 16.7 Å². The van der Waals surface area contributed by atoms with E-state index in [0.29, 0.717) is 17.9 Å². The molecule has 0 saturated heterocycles. The van der Waals surface area contributed by atoms with Crippen molar-refractivity contribution >= 4 is 17.6 Å². The van der Waals surface area contributed by atoms with Crippen LogP contribution < -0.4 is 0 Å². The second kappa shape index (κ2) is 5.66. The third-order valence-electron chi connectivity index (χ3n) is 6.57. The van der Waals surface area contributed by atoms with Crippen LogP contribution in [0.15, 0.2) is 29.8 Å². The number of Topliss-reactive ketones (excluding diaryl/α,β-unsaturated/α-hetero) is 2. The van der Waals surface area contributed by atoms with Gasteiger partial charge >= 0.3 is 0 Å². The molecule has 2 saturated carbocycles. The summed E-state index contributed by atoms with van der Waals surface area (Å²) in [6.45, 7) is 8.29. The third-order valence-corrected chi connectivity index (χ3v) is 6.57. The molecule has 0 spiro atoms. The van der Waals surface area contributed by atoms with Crippen molar-refractivity contribution < 1.29 is 14.7 Å². The van der Waals surface area contributed by atoms with Crippen LogP contribution in [0.25, 0.3) is 6.08 Å². The van der Waals surface area contributed by atoms with Gasteiger partial charge in [0.25, 0.3) is 0 Å². The van der Waals surface area contributed by atoms with Crippen LogP contribution in [0.1, 0.15) is 62.9 Å². The van der Waals surface area contributed by atoms with Crippen LogP contribution in [0.4, 0.5) is 0 Å². The average Bonchev–Trinajstić information content (AvgIpc) is 2.88. The van der Waals surface area contributed by atoms with Crippen molar-refractivity contribution in [3.05, 3.63) is 41.0 Å². The number of carbonyl (C=O) groups excluding carboxylic acids is 2.